The molecule has 2 aliphatic rings. The van der Waals surface area contributed by atoms with E-state index in [4.69, 9.17) is 5.73 Å². The lowest BCUT2D eigenvalue weighted by atomic mass is 9.91. The summed E-state index contributed by atoms with van der Waals surface area (Å²) in [5, 5.41) is 0. The first-order chi connectivity index (χ1) is 8.33. The highest BCUT2D eigenvalue weighted by molar-refractivity contribution is 5.15. The summed E-state index contributed by atoms with van der Waals surface area (Å²) in [6.07, 6.45) is 5.19. The Kier molecular flexibility index (Phi) is 3.17. The standard InChI is InChI=1S/C15H22N2/c16-14-9-13-7-4-8-17(15(13)10-14)11-12-5-2-1-3-6-12/h1-3,5-6,13-15H,4,7-11,16H2. The van der Waals surface area contributed by atoms with Crippen LogP contribution in [0.3, 0.4) is 0 Å². The van der Waals surface area contributed by atoms with Crippen LogP contribution in [-0.4, -0.2) is 23.5 Å². The molecule has 0 bridgehead atoms. The second-order valence-electron chi connectivity index (χ2n) is 5.66. The summed E-state index contributed by atoms with van der Waals surface area (Å²) in [5.41, 5.74) is 7.56. The van der Waals surface area contributed by atoms with Gasteiger partial charge in [0, 0.05) is 18.6 Å². The van der Waals surface area contributed by atoms with Crippen LogP contribution in [0.25, 0.3) is 0 Å². The molecule has 3 rings (SSSR count). The molecule has 1 heterocycles. The SMILES string of the molecule is NC1CC2CCCN(Cc3ccccc3)C2C1. The number of rotatable bonds is 2. The zero-order valence-electron chi connectivity index (χ0n) is 10.4. The Morgan fingerprint density at radius 2 is 2.00 bits per heavy atom. The van der Waals surface area contributed by atoms with Crippen LogP contribution in [0.15, 0.2) is 30.3 Å². The summed E-state index contributed by atoms with van der Waals surface area (Å²) in [7, 11) is 0. The summed E-state index contributed by atoms with van der Waals surface area (Å²) in [5.74, 6) is 0.863. The molecule has 1 aromatic rings. The Hall–Kier alpha value is -0.860. The van der Waals surface area contributed by atoms with E-state index in [0.717, 1.165) is 18.5 Å². The van der Waals surface area contributed by atoms with E-state index in [-0.39, 0.29) is 0 Å². The highest BCUT2D eigenvalue weighted by Gasteiger charge is 2.38. The lowest BCUT2D eigenvalue weighted by molar-refractivity contribution is 0.106. The molecule has 0 radical (unpaired) electrons. The van der Waals surface area contributed by atoms with Crippen molar-refractivity contribution in [1.82, 2.24) is 4.90 Å². The molecule has 0 amide bonds. The first-order valence-electron chi connectivity index (χ1n) is 6.86. The van der Waals surface area contributed by atoms with Crippen LogP contribution in [0.1, 0.15) is 31.2 Å². The van der Waals surface area contributed by atoms with Gasteiger partial charge in [-0.15, -0.1) is 0 Å². The molecule has 3 atom stereocenters. The maximum atomic E-state index is 6.12. The topological polar surface area (TPSA) is 29.3 Å². The number of hydrogen-bond donors (Lipinski definition) is 1. The minimum Gasteiger partial charge on any atom is -0.328 e. The van der Waals surface area contributed by atoms with Crippen molar-refractivity contribution in [2.24, 2.45) is 11.7 Å². The van der Waals surface area contributed by atoms with E-state index in [2.05, 4.69) is 35.2 Å². The Balaban J connectivity index is 1.70. The largest absolute Gasteiger partial charge is 0.328 e. The molecule has 2 heteroatoms. The van der Waals surface area contributed by atoms with E-state index in [1.165, 1.54) is 37.8 Å². The average molecular weight is 230 g/mol. The molecule has 0 spiro atoms. The van der Waals surface area contributed by atoms with Crippen molar-refractivity contribution < 1.29 is 0 Å². The fraction of sp³-hybridized carbons (Fsp3) is 0.600. The van der Waals surface area contributed by atoms with E-state index in [9.17, 15) is 0 Å². The predicted octanol–water partition coefficient (Wildman–Crippen LogP) is 2.39. The fourth-order valence-electron chi connectivity index (χ4n) is 3.64. The number of likely N-dealkylation sites (tertiary alicyclic amines) is 1. The molecule has 2 nitrogen and oxygen atoms in total. The summed E-state index contributed by atoms with van der Waals surface area (Å²) in [6, 6.07) is 12.0. The highest BCUT2D eigenvalue weighted by Crippen LogP contribution is 2.36. The zero-order valence-corrected chi connectivity index (χ0v) is 10.4. The van der Waals surface area contributed by atoms with E-state index in [0.29, 0.717) is 6.04 Å². The van der Waals surface area contributed by atoms with Gasteiger partial charge in [0.25, 0.3) is 0 Å². The van der Waals surface area contributed by atoms with Crippen molar-refractivity contribution in [3.05, 3.63) is 35.9 Å². The second-order valence-corrected chi connectivity index (χ2v) is 5.66. The second kappa shape index (κ2) is 4.79. The van der Waals surface area contributed by atoms with Gasteiger partial charge in [0.1, 0.15) is 0 Å². The van der Waals surface area contributed by atoms with E-state index in [1.54, 1.807) is 0 Å². The lowest BCUT2D eigenvalue weighted by Gasteiger charge is -2.37. The van der Waals surface area contributed by atoms with Crippen molar-refractivity contribution in [2.45, 2.75) is 44.3 Å². The molecule has 0 aromatic heterocycles. The Bertz CT molecular complexity index is 362. The molecule has 2 fully saturated rings. The maximum Gasteiger partial charge on any atom is 0.0236 e. The van der Waals surface area contributed by atoms with Crippen LogP contribution in [0.5, 0.6) is 0 Å². The van der Waals surface area contributed by atoms with Crippen molar-refractivity contribution in [2.75, 3.05) is 6.54 Å². The van der Waals surface area contributed by atoms with Gasteiger partial charge in [0.15, 0.2) is 0 Å². The molecule has 2 N–H and O–H groups in total. The van der Waals surface area contributed by atoms with Gasteiger partial charge in [-0.2, -0.15) is 0 Å². The lowest BCUT2D eigenvalue weighted by Crippen LogP contribution is -2.42. The highest BCUT2D eigenvalue weighted by atomic mass is 15.2. The fourth-order valence-corrected chi connectivity index (χ4v) is 3.64. The van der Waals surface area contributed by atoms with Gasteiger partial charge >= 0.3 is 0 Å². The van der Waals surface area contributed by atoms with Crippen molar-refractivity contribution in [1.29, 1.82) is 0 Å². The molecule has 1 saturated carbocycles. The summed E-state index contributed by atoms with van der Waals surface area (Å²) in [4.78, 5) is 2.66. The van der Waals surface area contributed by atoms with Crippen LogP contribution in [0, 0.1) is 5.92 Å². The monoisotopic (exact) mass is 230 g/mol. The number of fused-ring (bicyclic) bond motifs is 1. The molecular formula is C15H22N2. The van der Waals surface area contributed by atoms with Gasteiger partial charge < -0.3 is 5.73 Å². The van der Waals surface area contributed by atoms with Crippen molar-refractivity contribution in [3.63, 3.8) is 0 Å². The smallest absolute Gasteiger partial charge is 0.0236 e. The predicted molar refractivity (Wildman–Crippen MR) is 70.6 cm³/mol. The van der Waals surface area contributed by atoms with Gasteiger partial charge in [-0.25, -0.2) is 0 Å². The number of nitrogens with zero attached hydrogens (tertiary/aromatic N) is 1. The van der Waals surface area contributed by atoms with E-state index >= 15 is 0 Å². The third kappa shape index (κ3) is 2.38. The average Bonchev–Trinajstić information content (AvgIpc) is 2.72. The first-order valence-corrected chi connectivity index (χ1v) is 6.86. The normalized spacial score (nSPS) is 33.6. The minimum absolute atomic E-state index is 0.446. The summed E-state index contributed by atoms with van der Waals surface area (Å²) >= 11 is 0. The maximum absolute atomic E-state index is 6.12. The first kappa shape index (κ1) is 11.2. The van der Waals surface area contributed by atoms with Crippen LogP contribution in [0.2, 0.25) is 0 Å². The van der Waals surface area contributed by atoms with Gasteiger partial charge in [-0.05, 0) is 43.7 Å². The Morgan fingerprint density at radius 1 is 1.18 bits per heavy atom. The van der Waals surface area contributed by atoms with Gasteiger partial charge in [0.2, 0.25) is 0 Å². The molecule has 1 aromatic carbocycles. The van der Waals surface area contributed by atoms with Crippen molar-refractivity contribution in [3.8, 4) is 0 Å². The van der Waals surface area contributed by atoms with Crippen LogP contribution >= 0.6 is 0 Å². The van der Waals surface area contributed by atoms with Crippen molar-refractivity contribution >= 4 is 0 Å². The summed E-state index contributed by atoms with van der Waals surface area (Å²) in [6.45, 7) is 2.36. The zero-order chi connectivity index (χ0) is 11.7. The number of piperidine rings is 1. The minimum atomic E-state index is 0.446. The van der Waals surface area contributed by atoms with Gasteiger partial charge in [-0.1, -0.05) is 30.3 Å². The molecule has 1 aliphatic carbocycles. The number of benzene rings is 1. The van der Waals surface area contributed by atoms with Crippen LogP contribution in [0.4, 0.5) is 0 Å². The molecule has 1 aliphatic heterocycles. The Labute approximate surface area is 104 Å². The molecule has 3 unspecified atom stereocenters. The molecule has 17 heavy (non-hydrogen) atoms. The summed E-state index contributed by atoms with van der Waals surface area (Å²) < 4.78 is 0. The number of hydrogen-bond acceptors (Lipinski definition) is 2. The molecule has 1 saturated heterocycles. The Morgan fingerprint density at radius 3 is 2.82 bits per heavy atom. The third-order valence-electron chi connectivity index (χ3n) is 4.41. The van der Waals surface area contributed by atoms with Crippen LogP contribution in [-0.2, 0) is 6.54 Å². The molecular weight excluding hydrogens is 208 g/mol. The van der Waals surface area contributed by atoms with E-state index < -0.39 is 0 Å². The van der Waals surface area contributed by atoms with Gasteiger partial charge in [0.05, 0.1) is 0 Å². The molecule has 92 valence electrons. The quantitative estimate of drug-likeness (QED) is 0.845. The van der Waals surface area contributed by atoms with E-state index in [1.807, 2.05) is 0 Å². The van der Waals surface area contributed by atoms with Crippen LogP contribution < -0.4 is 5.73 Å². The van der Waals surface area contributed by atoms with Gasteiger partial charge in [-0.3, -0.25) is 4.90 Å². The number of nitrogens with two attached hydrogens (primary N) is 1. The third-order valence-corrected chi connectivity index (χ3v) is 4.41.